The molecule has 0 spiro atoms. The minimum Gasteiger partial charge on any atom is -0.373 e. The monoisotopic (exact) mass is 195 g/mol. The average molecular weight is 195 g/mol. The molecule has 0 unspecified atom stereocenters. The van der Waals surface area contributed by atoms with Crippen LogP contribution in [0.1, 0.15) is 0 Å². The lowest BCUT2D eigenvalue weighted by molar-refractivity contribution is 0.306. The van der Waals surface area contributed by atoms with Crippen LogP contribution in [0.2, 0.25) is 0 Å². The fourth-order valence-corrected chi connectivity index (χ4v) is 1.49. The second-order valence-electron chi connectivity index (χ2n) is 3.05. The van der Waals surface area contributed by atoms with Crippen molar-refractivity contribution >= 4 is 0 Å². The van der Waals surface area contributed by atoms with Gasteiger partial charge in [-0.2, -0.15) is 0 Å². The molecule has 5 nitrogen and oxygen atoms in total. The zero-order chi connectivity index (χ0) is 10.7. The molecule has 0 aliphatic carbocycles. The Labute approximate surface area is 84.5 Å². The summed E-state index contributed by atoms with van der Waals surface area (Å²) < 4.78 is 0. The van der Waals surface area contributed by atoms with Gasteiger partial charge >= 0.3 is 0 Å². The van der Waals surface area contributed by atoms with Gasteiger partial charge in [0.25, 0.3) is 0 Å². The highest BCUT2D eigenvalue weighted by Gasteiger charge is 2.25. The Morgan fingerprint density at radius 2 is 2.29 bits per heavy atom. The second-order valence-corrected chi connectivity index (χ2v) is 3.05. The quantitative estimate of drug-likeness (QED) is 0.425. The molecule has 1 aliphatic rings. The maximum atomic E-state index is 5.32. The van der Waals surface area contributed by atoms with E-state index < -0.39 is 0 Å². The van der Waals surface area contributed by atoms with Crippen LogP contribution in [0.25, 0.3) is 0 Å². The summed E-state index contributed by atoms with van der Waals surface area (Å²) in [5, 5.41) is 3.10. The average Bonchev–Trinajstić information content (AvgIpc) is 2.53. The molecule has 0 radical (unpaired) electrons. The van der Waals surface area contributed by atoms with Crippen LogP contribution in [0.5, 0.6) is 0 Å². The largest absolute Gasteiger partial charge is 0.373 e. The van der Waals surface area contributed by atoms with Crippen LogP contribution < -0.4 is 16.6 Å². The summed E-state index contributed by atoms with van der Waals surface area (Å²) in [6.45, 7) is 8.28. The molecule has 0 aromatic rings. The third-order valence-corrected chi connectivity index (χ3v) is 2.20. The highest BCUT2D eigenvalue weighted by Crippen LogP contribution is 2.22. The van der Waals surface area contributed by atoms with Gasteiger partial charge in [-0.25, -0.2) is 5.84 Å². The molecule has 0 saturated heterocycles. The first-order valence-electron chi connectivity index (χ1n) is 4.34. The smallest absolute Gasteiger partial charge is 0.132 e. The normalized spacial score (nSPS) is 15.9. The molecule has 0 bridgehead atoms. The van der Waals surface area contributed by atoms with Gasteiger partial charge in [-0.1, -0.05) is 13.2 Å². The first-order chi connectivity index (χ1) is 6.65. The van der Waals surface area contributed by atoms with Gasteiger partial charge in [0, 0.05) is 14.1 Å². The number of nitrogens with zero attached hydrogens (tertiary/aromatic N) is 2. The fraction of sp³-hybridized carbons (Fsp3) is 0.333. The molecule has 1 heterocycles. The van der Waals surface area contributed by atoms with Crippen LogP contribution >= 0.6 is 0 Å². The number of hydrogen-bond donors (Lipinski definition) is 3. The highest BCUT2D eigenvalue weighted by atomic mass is 15.5. The standard InChI is InChI=1S/C9H17N5/c1-5-8-9(11-3)14(6-13(8)4)7(2)12-10/h5,11-12H,1-2,6,10H2,3-4H3. The second kappa shape index (κ2) is 4.06. The summed E-state index contributed by atoms with van der Waals surface area (Å²) in [7, 11) is 3.84. The van der Waals surface area contributed by atoms with Gasteiger partial charge < -0.3 is 15.6 Å². The SMILES string of the molecule is C=CC1=C(NC)N(C(=C)NN)CN1C. The van der Waals surface area contributed by atoms with Crippen LogP contribution in [-0.2, 0) is 0 Å². The topological polar surface area (TPSA) is 56.6 Å². The van der Waals surface area contributed by atoms with Gasteiger partial charge in [0.2, 0.25) is 0 Å². The number of nitrogens with one attached hydrogen (secondary N) is 2. The number of nitrogens with two attached hydrogens (primary N) is 1. The molecule has 78 valence electrons. The van der Waals surface area contributed by atoms with Gasteiger partial charge in [-0.05, 0) is 6.08 Å². The maximum absolute atomic E-state index is 5.32. The van der Waals surface area contributed by atoms with Gasteiger partial charge in [0.05, 0.1) is 12.4 Å². The lowest BCUT2D eigenvalue weighted by Crippen LogP contribution is -2.37. The highest BCUT2D eigenvalue weighted by molar-refractivity contribution is 5.27. The van der Waals surface area contributed by atoms with Crippen molar-refractivity contribution in [1.29, 1.82) is 0 Å². The first-order valence-corrected chi connectivity index (χ1v) is 4.34. The Hall–Kier alpha value is -1.62. The molecular formula is C9H17N5. The van der Waals surface area contributed by atoms with Crippen molar-refractivity contribution in [2.75, 3.05) is 20.8 Å². The first kappa shape index (κ1) is 10.5. The van der Waals surface area contributed by atoms with Crippen molar-refractivity contribution in [3.05, 3.63) is 36.6 Å². The number of hydrazine groups is 1. The molecule has 0 amide bonds. The Morgan fingerprint density at radius 1 is 1.64 bits per heavy atom. The molecule has 1 rings (SSSR count). The maximum Gasteiger partial charge on any atom is 0.132 e. The van der Waals surface area contributed by atoms with Crippen molar-refractivity contribution in [2.24, 2.45) is 5.84 Å². The number of allylic oxidation sites excluding steroid dienone is 1. The minimum absolute atomic E-state index is 0.651. The van der Waals surface area contributed by atoms with Gasteiger partial charge in [-0.15, -0.1) is 0 Å². The Balaban J connectivity index is 2.98. The third-order valence-electron chi connectivity index (χ3n) is 2.20. The van der Waals surface area contributed by atoms with Gasteiger partial charge in [-0.3, -0.25) is 4.90 Å². The van der Waals surface area contributed by atoms with E-state index in [1.54, 1.807) is 6.08 Å². The van der Waals surface area contributed by atoms with Crippen LogP contribution in [0.4, 0.5) is 0 Å². The van der Waals surface area contributed by atoms with E-state index in [4.69, 9.17) is 5.84 Å². The van der Waals surface area contributed by atoms with E-state index in [1.807, 2.05) is 19.0 Å². The number of hydrogen-bond acceptors (Lipinski definition) is 5. The van der Waals surface area contributed by atoms with E-state index in [2.05, 4.69) is 28.8 Å². The molecule has 1 aliphatic heterocycles. The van der Waals surface area contributed by atoms with Crippen molar-refractivity contribution in [1.82, 2.24) is 20.5 Å². The molecule has 0 fully saturated rings. The zero-order valence-electron chi connectivity index (χ0n) is 8.67. The van der Waals surface area contributed by atoms with Gasteiger partial charge in [0.15, 0.2) is 0 Å². The molecule has 14 heavy (non-hydrogen) atoms. The molecule has 5 heteroatoms. The van der Waals surface area contributed by atoms with Crippen LogP contribution in [0.15, 0.2) is 36.6 Å². The summed E-state index contributed by atoms with van der Waals surface area (Å²) in [5.74, 6) is 6.92. The summed E-state index contributed by atoms with van der Waals surface area (Å²) in [6, 6.07) is 0. The summed E-state index contributed by atoms with van der Waals surface area (Å²) in [6.07, 6.45) is 1.80. The van der Waals surface area contributed by atoms with Crippen molar-refractivity contribution in [3.63, 3.8) is 0 Å². The van der Waals surface area contributed by atoms with E-state index in [0.717, 1.165) is 11.5 Å². The molecule has 0 atom stereocenters. The van der Waals surface area contributed by atoms with E-state index in [-0.39, 0.29) is 0 Å². The lowest BCUT2D eigenvalue weighted by Gasteiger charge is -2.23. The van der Waals surface area contributed by atoms with E-state index in [9.17, 15) is 0 Å². The number of rotatable bonds is 4. The van der Waals surface area contributed by atoms with Crippen LogP contribution in [0, 0.1) is 0 Å². The van der Waals surface area contributed by atoms with Crippen molar-refractivity contribution in [2.45, 2.75) is 0 Å². The minimum atomic E-state index is 0.651. The summed E-state index contributed by atoms with van der Waals surface area (Å²) in [4.78, 5) is 4.00. The predicted molar refractivity (Wildman–Crippen MR) is 57.2 cm³/mol. The molecule has 4 N–H and O–H groups in total. The number of likely N-dealkylation sites (N-methyl/N-ethyl adjacent to an activating group) is 1. The zero-order valence-corrected chi connectivity index (χ0v) is 8.67. The Kier molecular flexibility index (Phi) is 3.03. The Bertz CT molecular complexity index is 281. The predicted octanol–water partition coefficient (Wildman–Crippen LogP) is -0.300. The fourth-order valence-electron chi connectivity index (χ4n) is 1.49. The Morgan fingerprint density at radius 3 is 2.71 bits per heavy atom. The molecule has 0 saturated carbocycles. The van der Waals surface area contributed by atoms with Crippen LogP contribution in [0.3, 0.4) is 0 Å². The van der Waals surface area contributed by atoms with E-state index >= 15 is 0 Å². The summed E-state index contributed by atoms with van der Waals surface area (Å²) >= 11 is 0. The van der Waals surface area contributed by atoms with Gasteiger partial charge in [0.1, 0.15) is 11.6 Å². The van der Waals surface area contributed by atoms with Crippen molar-refractivity contribution in [3.8, 4) is 0 Å². The molecule has 0 aromatic carbocycles. The van der Waals surface area contributed by atoms with Crippen molar-refractivity contribution < 1.29 is 0 Å². The lowest BCUT2D eigenvalue weighted by atomic mass is 10.4. The molecular weight excluding hydrogens is 178 g/mol. The van der Waals surface area contributed by atoms with Crippen LogP contribution in [-0.4, -0.2) is 30.6 Å². The van der Waals surface area contributed by atoms with E-state index in [1.165, 1.54) is 0 Å². The third kappa shape index (κ3) is 1.54. The molecule has 0 aromatic heterocycles. The summed E-state index contributed by atoms with van der Waals surface area (Å²) in [5.41, 5.74) is 3.56. The van der Waals surface area contributed by atoms with E-state index in [0.29, 0.717) is 12.5 Å².